The first-order valence-electron chi connectivity index (χ1n) is 9.39. The molecule has 1 heterocycles. The van der Waals surface area contributed by atoms with Gasteiger partial charge in [-0.15, -0.1) is 0 Å². The number of methoxy groups -OCH3 is 1. The molecule has 3 rings (SSSR count). The van der Waals surface area contributed by atoms with E-state index in [1.807, 2.05) is 31.2 Å². The van der Waals surface area contributed by atoms with E-state index in [1.165, 1.54) is 10.5 Å². The number of quaternary nitrogens is 2. The van der Waals surface area contributed by atoms with E-state index in [4.69, 9.17) is 16.3 Å². The number of ether oxygens (including phenoxy) is 1. The number of carbonyl (C=O) groups is 1. The molecule has 0 unspecified atom stereocenters. The second kappa shape index (κ2) is 9.22. The summed E-state index contributed by atoms with van der Waals surface area (Å²) in [5.74, 6) is 0.943. The molecule has 2 aromatic carbocycles. The van der Waals surface area contributed by atoms with Gasteiger partial charge in [-0.25, -0.2) is 0 Å². The fraction of sp³-hybridized carbons (Fsp3) is 0.381. The molecule has 0 bridgehead atoms. The van der Waals surface area contributed by atoms with Crippen molar-refractivity contribution >= 4 is 23.2 Å². The molecule has 1 aliphatic rings. The van der Waals surface area contributed by atoms with Gasteiger partial charge in [0, 0.05) is 16.3 Å². The highest BCUT2D eigenvalue weighted by Crippen LogP contribution is 2.19. The Kier molecular flexibility index (Phi) is 6.72. The number of halogens is 1. The highest BCUT2D eigenvalue weighted by Gasteiger charge is 2.25. The van der Waals surface area contributed by atoms with Crippen LogP contribution < -0.4 is 19.9 Å². The third-order valence-electron chi connectivity index (χ3n) is 5.16. The van der Waals surface area contributed by atoms with Gasteiger partial charge in [-0.1, -0.05) is 17.7 Å². The second-order valence-electron chi connectivity index (χ2n) is 7.21. The lowest BCUT2D eigenvalue weighted by molar-refractivity contribution is -1.02. The van der Waals surface area contributed by atoms with Gasteiger partial charge in [-0.2, -0.15) is 0 Å². The van der Waals surface area contributed by atoms with E-state index in [-0.39, 0.29) is 5.91 Å². The summed E-state index contributed by atoms with van der Waals surface area (Å²) in [4.78, 5) is 15.3. The quantitative estimate of drug-likeness (QED) is 0.677. The van der Waals surface area contributed by atoms with Crippen molar-refractivity contribution in [3.05, 3.63) is 58.6 Å². The minimum absolute atomic E-state index is 0.0500. The molecule has 5 nitrogen and oxygen atoms in total. The summed E-state index contributed by atoms with van der Waals surface area (Å²) < 4.78 is 5.21. The van der Waals surface area contributed by atoms with E-state index in [1.54, 1.807) is 18.1 Å². The van der Waals surface area contributed by atoms with Gasteiger partial charge in [0.15, 0.2) is 6.54 Å². The van der Waals surface area contributed by atoms with E-state index in [0.29, 0.717) is 11.6 Å². The average Bonchev–Trinajstić information content (AvgIpc) is 2.67. The molecule has 0 atom stereocenters. The van der Waals surface area contributed by atoms with Gasteiger partial charge in [0.25, 0.3) is 5.91 Å². The summed E-state index contributed by atoms with van der Waals surface area (Å²) in [6.45, 7) is 7.66. The smallest absolute Gasteiger partial charge is 0.279 e. The second-order valence-corrected chi connectivity index (χ2v) is 7.65. The lowest BCUT2D eigenvalue weighted by atomic mass is 10.2. The number of nitrogens with one attached hydrogen (secondary N) is 3. The van der Waals surface area contributed by atoms with Crippen LogP contribution in [0.15, 0.2) is 42.5 Å². The van der Waals surface area contributed by atoms with Gasteiger partial charge in [-0.05, 0) is 48.9 Å². The summed E-state index contributed by atoms with van der Waals surface area (Å²) >= 11 is 6.03. The van der Waals surface area contributed by atoms with E-state index in [0.717, 1.165) is 49.7 Å². The maximum atomic E-state index is 12.4. The summed E-state index contributed by atoms with van der Waals surface area (Å²) in [6, 6.07) is 13.9. The number of amides is 1. The van der Waals surface area contributed by atoms with Gasteiger partial charge in [0.2, 0.25) is 0 Å². The molecular weight excluding hydrogens is 362 g/mol. The lowest BCUT2D eigenvalue weighted by Gasteiger charge is -2.29. The molecule has 27 heavy (non-hydrogen) atoms. The number of hydrogen-bond acceptors (Lipinski definition) is 2. The van der Waals surface area contributed by atoms with Crippen LogP contribution in [-0.4, -0.2) is 45.7 Å². The maximum Gasteiger partial charge on any atom is 0.279 e. The Bertz CT molecular complexity index is 771. The van der Waals surface area contributed by atoms with E-state index < -0.39 is 0 Å². The SMILES string of the molecule is COc1ccc(C[NH+]2CC[NH+](CC(=O)Nc3cc(Cl)ccc3C)CC2)cc1. The van der Waals surface area contributed by atoms with Crippen LogP contribution in [0.3, 0.4) is 0 Å². The van der Waals surface area contributed by atoms with Crippen molar-refractivity contribution < 1.29 is 19.3 Å². The number of anilines is 1. The Hall–Kier alpha value is -2.08. The van der Waals surface area contributed by atoms with Crippen molar-refractivity contribution in [3.63, 3.8) is 0 Å². The zero-order valence-corrected chi connectivity index (χ0v) is 16.7. The van der Waals surface area contributed by atoms with Crippen LogP contribution >= 0.6 is 11.6 Å². The normalized spacial score (nSPS) is 19.5. The predicted molar refractivity (Wildman–Crippen MR) is 108 cm³/mol. The van der Waals surface area contributed by atoms with Gasteiger partial charge < -0.3 is 19.9 Å². The summed E-state index contributed by atoms with van der Waals surface area (Å²) in [5, 5.41) is 3.64. The van der Waals surface area contributed by atoms with Crippen LogP contribution in [0.25, 0.3) is 0 Å². The number of rotatable bonds is 6. The van der Waals surface area contributed by atoms with Gasteiger partial charge in [-0.3, -0.25) is 4.79 Å². The minimum atomic E-state index is 0.0500. The molecule has 1 fully saturated rings. The Balaban J connectivity index is 1.44. The van der Waals surface area contributed by atoms with Crippen LogP contribution in [0, 0.1) is 6.92 Å². The van der Waals surface area contributed by atoms with Gasteiger partial charge in [0.05, 0.1) is 7.11 Å². The zero-order valence-electron chi connectivity index (χ0n) is 16.0. The monoisotopic (exact) mass is 389 g/mol. The third kappa shape index (κ3) is 5.70. The molecule has 3 N–H and O–H groups in total. The van der Waals surface area contributed by atoms with Crippen LogP contribution in [0.4, 0.5) is 5.69 Å². The topological polar surface area (TPSA) is 47.2 Å². The highest BCUT2D eigenvalue weighted by molar-refractivity contribution is 6.31. The first-order chi connectivity index (χ1) is 13.0. The molecule has 6 heteroatoms. The molecule has 0 aliphatic carbocycles. The highest BCUT2D eigenvalue weighted by atomic mass is 35.5. The van der Waals surface area contributed by atoms with Crippen molar-refractivity contribution in [2.45, 2.75) is 13.5 Å². The fourth-order valence-electron chi connectivity index (χ4n) is 3.49. The third-order valence-corrected chi connectivity index (χ3v) is 5.40. The zero-order chi connectivity index (χ0) is 19.2. The Labute approximate surface area is 165 Å². The predicted octanol–water partition coefficient (Wildman–Crippen LogP) is 0.579. The molecule has 2 aromatic rings. The van der Waals surface area contributed by atoms with Gasteiger partial charge in [0.1, 0.15) is 38.5 Å². The van der Waals surface area contributed by atoms with E-state index in [2.05, 4.69) is 17.4 Å². The number of hydrogen-bond donors (Lipinski definition) is 3. The summed E-state index contributed by atoms with van der Waals surface area (Å²) in [5.41, 5.74) is 3.15. The largest absolute Gasteiger partial charge is 0.497 e. The number of carbonyl (C=O) groups excluding carboxylic acids is 1. The summed E-state index contributed by atoms with van der Waals surface area (Å²) in [6.07, 6.45) is 0. The van der Waals surface area contributed by atoms with Crippen LogP contribution in [-0.2, 0) is 11.3 Å². The van der Waals surface area contributed by atoms with Crippen LogP contribution in [0.2, 0.25) is 5.02 Å². The van der Waals surface area contributed by atoms with Crippen molar-refractivity contribution in [2.75, 3.05) is 45.2 Å². The molecule has 144 valence electrons. The lowest BCUT2D eigenvalue weighted by Crippen LogP contribution is -3.28. The molecule has 1 amide bonds. The molecule has 0 radical (unpaired) electrons. The number of piperazine rings is 1. The van der Waals surface area contributed by atoms with Crippen molar-refractivity contribution in [1.82, 2.24) is 0 Å². The average molecular weight is 390 g/mol. The minimum Gasteiger partial charge on any atom is -0.497 e. The molecular formula is C21H28ClN3O2+2. The van der Waals surface area contributed by atoms with Crippen molar-refractivity contribution in [3.8, 4) is 5.75 Å². The van der Waals surface area contributed by atoms with Crippen molar-refractivity contribution in [2.24, 2.45) is 0 Å². The Morgan fingerprint density at radius 3 is 2.41 bits per heavy atom. The molecule has 0 saturated carbocycles. The Morgan fingerprint density at radius 2 is 1.74 bits per heavy atom. The van der Waals surface area contributed by atoms with E-state index >= 15 is 0 Å². The van der Waals surface area contributed by atoms with Crippen LogP contribution in [0.1, 0.15) is 11.1 Å². The first-order valence-corrected chi connectivity index (χ1v) is 9.77. The van der Waals surface area contributed by atoms with E-state index in [9.17, 15) is 4.79 Å². The number of benzene rings is 2. The number of aryl methyl sites for hydroxylation is 1. The van der Waals surface area contributed by atoms with Gasteiger partial charge >= 0.3 is 0 Å². The van der Waals surface area contributed by atoms with Crippen LogP contribution in [0.5, 0.6) is 5.75 Å². The fourth-order valence-corrected chi connectivity index (χ4v) is 3.67. The molecule has 1 saturated heterocycles. The standard InChI is InChI=1S/C21H26ClN3O2/c1-16-3-6-18(22)13-20(16)23-21(26)15-25-11-9-24(10-12-25)14-17-4-7-19(27-2)8-5-17/h3-8,13H,9-12,14-15H2,1-2H3,(H,23,26)/p+2. The maximum absolute atomic E-state index is 12.4. The summed E-state index contributed by atoms with van der Waals surface area (Å²) in [7, 11) is 1.69. The van der Waals surface area contributed by atoms with Crippen molar-refractivity contribution in [1.29, 1.82) is 0 Å². The molecule has 0 spiro atoms. The molecule has 1 aliphatic heterocycles. The molecule has 0 aromatic heterocycles. The first kappa shape index (κ1) is 19.7. The Morgan fingerprint density at radius 1 is 1.07 bits per heavy atom.